The van der Waals surface area contributed by atoms with Gasteiger partial charge in [0, 0.05) is 0 Å². The number of benzene rings is 1. The van der Waals surface area contributed by atoms with Crippen molar-refractivity contribution >= 4 is 5.97 Å². The minimum atomic E-state index is -0.661. The molecule has 0 aromatic heterocycles. The molecule has 1 atom stereocenters. The summed E-state index contributed by atoms with van der Waals surface area (Å²) >= 11 is 0. The Hall–Kier alpha value is -1.35. The number of rotatable bonds is 2. The zero-order chi connectivity index (χ0) is 12.5. The van der Waals surface area contributed by atoms with Gasteiger partial charge in [-0.3, -0.25) is 4.79 Å². The van der Waals surface area contributed by atoms with Gasteiger partial charge in [0.1, 0.15) is 0 Å². The van der Waals surface area contributed by atoms with Crippen molar-refractivity contribution < 1.29 is 14.3 Å². The van der Waals surface area contributed by atoms with Crippen molar-refractivity contribution in [1.82, 2.24) is 0 Å². The van der Waals surface area contributed by atoms with Crippen molar-refractivity contribution in [2.75, 3.05) is 13.7 Å². The number of methoxy groups -OCH3 is 1. The van der Waals surface area contributed by atoms with Gasteiger partial charge in [-0.15, -0.1) is 0 Å². The van der Waals surface area contributed by atoms with Gasteiger partial charge in [-0.25, -0.2) is 0 Å². The Kier molecular flexibility index (Phi) is 3.20. The van der Waals surface area contributed by atoms with Crippen LogP contribution in [0.3, 0.4) is 0 Å². The molecule has 1 aliphatic heterocycles. The number of esters is 1. The number of hydrogen-bond donors (Lipinski definition) is 0. The number of fused-ring (bicyclic) bond motifs is 1. The molecule has 0 amide bonds. The molecule has 1 aromatic rings. The lowest BCUT2D eigenvalue weighted by Gasteiger charge is -2.36. The third kappa shape index (κ3) is 2.07. The molecule has 3 nitrogen and oxygen atoms in total. The predicted molar refractivity (Wildman–Crippen MR) is 64.6 cm³/mol. The van der Waals surface area contributed by atoms with Gasteiger partial charge in [0.2, 0.25) is 0 Å². The molecule has 0 radical (unpaired) electrons. The van der Waals surface area contributed by atoms with E-state index in [9.17, 15) is 4.79 Å². The van der Waals surface area contributed by atoms with Crippen LogP contribution in [0.1, 0.15) is 31.1 Å². The highest BCUT2D eigenvalue weighted by Gasteiger charge is 2.41. The summed E-state index contributed by atoms with van der Waals surface area (Å²) in [6, 6.07) is 8.13. The summed E-state index contributed by atoms with van der Waals surface area (Å²) in [5.74, 6) is -0.237. The molecule has 3 heteroatoms. The molecule has 0 spiro atoms. The fraction of sp³-hybridized carbons (Fsp3) is 0.500. The molecule has 1 aromatic carbocycles. The molecule has 0 aliphatic carbocycles. The van der Waals surface area contributed by atoms with Crippen LogP contribution in [0.15, 0.2) is 24.3 Å². The first-order chi connectivity index (χ1) is 8.07. The van der Waals surface area contributed by atoms with E-state index in [1.54, 1.807) is 0 Å². The second-order valence-electron chi connectivity index (χ2n) is 4.91. The third-order valence-corrected chi connectivity index (χ3v) is 3.36. The summed E-state index contributed by atoms with van der Waals surface area (Å²) in [7, 11) is 1.42. The second kappa shape index (κ2) is 4.49. The van der Waals surface area contributed by atoms with E-state index in [-0.39, 0.29) is 12.1 Å². The highest BCUT2D eigenvalue weighted by molar-refractivity contribution is 5.77. The normalized spacial score (nSPS) is 19.6. The van der Waals surface area contributed by atoms with Gasteiger partial charge >= 0.3 is 5.97 Å². The molecule has 1 heterocycles. The maximum absolute atomic E-state index is 11.8. The minimum Gasteiger partial charge on any atom is -0.469 e. The number of carbonyl (C=O) groups is 1. The largest absolute Gasteiger partial charge is 0.469 e. The van der Waals surface area contributed by atoms with Crippen LogP contribution in [0.25, 0.3) is 0 Å². The first-order valence-corrected chi connectivity index (χ1v) is 5.85. The van der Waals surface area contributed by atoms with Crippen LogP contribution >= 0.6 is 0 Å². The van der Waals surface area contributed by atoms with Crippen molar-refractivity contribution in [3.8, 4) is 0 Å². The van der Waals surface area contributed by atoms with Gasteiger partial charge in [-0.1, -0.05) is 24.3 Å². The SMILES string of the molecule is COC(=O)C(C)(C)C1OCCc2ccccc21. The molecule has 1 aliphatic rings. The molecule has 0 N–H and O–H groups in total. The van der Waals surface area contributed by atoms with Crippen LogP contribution in [-0.4, -0.2) is 19.7 Å². The van der Waals surface area contributed by atoms with Crippen LogP contribution in [0.5, 0.6) is 0 Å². The quantitative estimate of drug-likeness (QED) is 0.737. The number of carbonyl (C=O) groups excluding carboxylic acids is 1. The average Bonchev–Trinajstić information content (AvgIpc) is 2.37. The smallest absolute Gasteiger partial charge is 0.314 e. The topological polar surface area (TPSA) is 35.5 Å². The zero-order valence-electron chi connectivity index (χ0n) is 10.5. The fourth-order valence-corrected chi connectivity index (χ4v) is 2.36. The van der Waals surface area contributed by atoms with Crippen molar-refractivity contribution in [3.05, 3.63) is 35.4 Å². The Morgan fingerprint density at radius 3 is 2.82 bits per heavy atom. The molecule has 1 unspecified atom stereocenters. The average molecular weight is 234 g/mol. The lowest BCUT2D eigenvalue weighted by atomic mass is 9.79. The lowest BCUT2D eigenvalue weighted by molar-refractivity contribution is -0.161. The second-order valence-corrected chi connectivity index (χ2v) is 4.91. The summed E-state index contributed by atoms with van der Waals surface area (Å²) < 4.78 is 10.7. The Morgan fingerprint density at radius 1 is 1.41 bits per heavy atom. The summed E-state index contributed by atoms with van der Waals surface area (Å²) in [5, 5.41) is 0. The standard InChI is InChI=1S/C14H18O3/c1-14(2,13(15)16-3)12-11-7-5-4-6-10(11)8-9-17-12/h4-7,12H,8-9H2,1-3H3. The summed E-state index contributed by atoms with van der Waals surface area (Å²) in [6.07, 6.45) is 0.684. The molecule has 0 saturated carbocycles. The monoisotopic (exact) mass is 234 g/mol. The zero-order valence-corrected chi connectivity index (χ0v) is 10.5. The first-order valence-electron chi connectivity index (χ1n) is 5.85. The molecule has 0 fully saturated rings. The molecule has 0 saturated heterocycles. The third-order valence-electron chi connectivity index (χ3n) is 3.36. The Bertz CT molecular complexity index is 423. The van der Waals surface area contributed by atoms with Crippen molar-refractivity contribution in [2.24, 2.45) is 5.41 Å². The van der Waals surface area contributed by atoms with E-state index in [0.29, 0.717) is 6.61 Å². The van der Waals surface area contributed by atoms with E-state index in [4.69, 9.17) is 9.47 Å². The van der Waals surface area contributed by atoms with Gasteiger partial charge in [-0.2, -0.15) is 0 Å². The molecule has 92 valence electrons. The van der Waals surface area contributed by atoms with Crippen molar-refractivity contribution in [3.63, 3.8) is 0 Å². The Morgan fingerprint density at radius 2 is 2.12 bits per heavy atom. The van der Waals surface area contributed by atoms with E-state index >= 15 is 0 Å². The molecular weight excluding hydrogens is 216 g/mol. The maximum Gasteiger partial charge on any atom is 0.314 e. The summed E-state index contributed by atoms with van der Waals surface area (Å²) in [5.41, 5.74) is 1.71. The minimum absolute atomic E-state index is 0.222. The fourth-order valence-electron chi connectivity index (χ4n) is 2.36. The summed E-state index contributed by atoms with van der Waals surface area (Å²) in [6.45, 7) is 4.39. The van der Waals surface area contributed by atoms with Crippen LogP contribution in [0.4, 0.5) is 0 Å². The number of hydrogen-bond acceptors (Lipinski definition) is 3. The first kappa shape index (κ1) is 12.1. The van der Waals surface area contributed by atoms with Gasteiger partial charge in [-0.05, 0) is 31.4 Å². The maximum atomic E-state index is 11.8. The van der Waals surface area contributed by atoms with E-state index in [1.807, 2.05) is 32.0 Å². The van der Waals surface area contributed by atoms with E-state index < -0.39 is 5.41 Å². The summed E-state index contributed by atoms with van der Waals surface area (Å²) in [4.78, 5) is 11.8. The van der Waals surface area contributed by atoms with Crippen LogP contribution in [0.2, 0.25) is 0 Å². The van der Waals surface area contributed by atoms with Crippen molar-refractivity contribution in [1.29, 1.82) is 0 Å². The number of ether oxygens (including phenoxy) is 2. The molecular formula is C14H18O3. The van der Waals surface area contributed by atoms with Crippen molar-refractivity contribution in [2.45, 2.75) is 26.4 Å². The van der Waals surface area contributed by atoms with E-state index in [1.165, 1.54) is 12.7 Å². The van der Waals surface area contributed by atoms with Crippen LogP contribution in [-0.2, 0) is 20.7 Å². The van der Waals surface area contributed by atoms with E-state index in [0.717, 1.165) is 12.0 Å². The van der Waals surface area contributed by atoms with Crippen LogP contribution in [0, 0.1) is 5.41 Å². The molecule has 0 bridgehead atoms. The van der Waals surface area contributed by atoms with Gasteiger partial charge in [0.05, 0.1) is 25.2 Å². The van der Waals surface area contributed by atoms with Gasteiger partial charge in [0.25, 0.3) is 0 Å². The molecule has 17 heavy (non-hydrogen) atoms. The van der Waals surface area contributed by atoms with E-state index in [2.05, 4.69) is 6.07 Å². The predicted octanol–water partition coefficient (Wildman–Crippen LogP) is 2.50. The molecule has 2 rings (SSSR count). The Balaban J connectivity index is 2.39. The lowest BCUT2D eigenvalue weighted by Crippen LogP contribution is -2.36. The highest BCUT2D eigenvalue weighted by Crippen LogP contribution is 2.41. The Labute approximate surface area is 102 Å². The van der Waals surface area contributed by atoms with Crippen LogP contribution < -0.4 is 0 Å². The van der Waals surface area contributed by atoms with Gasteiger partial charge in [0.15, 0.2) is 0 Å². The highest BCUT2D eigenvalue weighted by atomic mass is 16.5. The van der Waals surface area contributed by atoms with Gasteiger partial charge < -0.3 is 9.47 Å².